The van der Waals surface area contributed by atoms with E-state index in [0.29, 0.717) is 17.8 Å². The number of carbonyl (C=O) groups is 2. The molecule has 1 atom stereocenters. The molecule has 150 valence electrons. The number of carbonyl (C=O) groups excluding carboxylic acids is 1. The molecule has 0 fully saturated rings. The Morgan fingerprint density at radius 3 is 2.59 bits per heavy atom. The summed E-state index contributed by atoms with van der Waals surface area (Å²) in [6.07, 6.45) is 0.853. The zero-order chi connectivity index (χ0) is 20.8. The lowest BCUT2D eigenvalue weighted by molar-refractivity contribution is -0.142. The van der Waals surface area contributed by atoms with Gasteiger partial charge in [-0.2, -0.15) is 0 Å². The Balaban J connectivity index is 1.65. The number of rotatable bonds is 8. The van der Waals surface area contributed by atoms with Crippen molar-refractivity contribution >= 4 is 22.8 Å². The van der Waals surface area contributed by atoms with Crippen molar-refractivity contribution in [1.29, 1.82) is 0 Å². The van der Waals surface area contributed by atoms with Gasteiger partial charge in [0.05, 0.1) is 0 Å². The minimum Gasteiger partial charge on any atom is -0.484 e. The summed E-state index contributed by atoms with van der Waals surface area (Å²) in [7, 11) is 0. The molecule has 0 aliphatic heterocycles. The molecule has 0 aliphatic carbocycles. The molecule has 7 heteroatoms. The van der Waals surface area contributed by atoms with Crippen molar-refractivity contribution in [2.24, 2.45) is 0 Å². The number of hydrogen-bond acceptors (Lipinski definition) is 5. The lowest BCUT2D eigenvalue weighted by Gasteiger charge is -2.15. The molecule has 3 rings (SSSR count). The number of nitrogens with one attached hydrogen (secondary N) is 1. The number of benzene rings is 2. The summed E-state index contributed by atoms with van der Waals surface area (Å²) < 4.78 is 10.7. The molecular weight excluding hydrogens is 374 g/mol. The number of carboxylic acids is 1. The predicted molar refractivity (Wildman–Crippen MR) is 107 cm³/mol. The number of carboxylic acid groups (broad SMARTS) is 1. The first-order chi connectivity index (χ1) is 14.0. The maximum Gasteiger partial charge on any atom is 0.336 e. The predicted octanol–water partition coefficient (Wildman–Crippen LogP) is 2.55. The van der Waals surface area contributed by atoms with Crippen LogP contribution in [0.15, 0.2) is 63.8 Å². The van der Waals surface area contributed by atoms with Crippen molar-refractivity contribution in [3.8, 4) is 5.75 Å². The fourth-order valence-electron chi connectivity index (χ4n) is 3.03. The van der Waals surface area contributed by atoms with Gasteiger partial charge in [0.25, 0.3) is 5.91 Å². The minimum absolute atomic E-state index is 0.169. The van der Waals surface area contributed by atoms with Crippen molar-refractivity contribution in [2.45, 2.75) is 25.8 Å². The normalized spacial score (nSPS) is 11.8. The largest absolute Gasteiger partial charge is 0.484 e. The minimum atomic E-state index is -1.12. The van der Waals surface area contributed by atoms with Gasteiger partial charge in [0.15, 0.2) is 6.61 Å². The lowest BCUT2D eigenvalue weighted by atomic mass is 10.1. The van der Waals surface area contributed by atoms with Gasteiger partial charge in [-0.25, -0.2) is 9.59 Å². The number of amides is 1. The van der Waals surface area contributed by atoms with E-state index >= 15 is 0 Å². The molecule has 2 N–H and O–H groups in total. The molecule has 2 aromatic carbocycles. The molecule has 1 amide bonds. The highest BCUT2D eigenvalue weighted by Gasteiger charge is 2.20. The number of ether oxygens (including phenoxy) is 1. The van der Waals surface area contributed by atoms with Crippen LogP contribution in [0, 0.1) is 0 Å². The first-order valence-corrected chi connectivity index (χ1v) is 9.22. The van der Waals surface area contributed by atoms with E-state index in [9.17, 15) is 19.5 Å². The molecule has 29 heavy (non-hydrogen) atoms. The molecule has 0 aliphatic rings. The number of fused-ring (bicyclic) bond motifs is 1. The van der Waals surface area contributed by atoms with E-state index in [1.54, 1.807) is 42.5 Å². The van der Waals surface area contributed by atoms with Crippen LogP contribution in [0.1, 0.15) is 18.1 Å². The number of aliphatic carboxylic acids is 1. The van der Waals surface area contributed by atoms with Gasteiger partial charge in [-0.1, -0.05) is 37.3 Å². The van der Waals surface area contributed by atoms with Crippen molar-refractivity contribution in [3.05, 3.63) is 76.1 Å². The smallest absolute Gasteiger partial charge is 0.336 e. The van der Waals surface area contributed by atoms with Crippen LogP contribution in [-0.4, -0.2) is 29.6 Å². The Bertz CT molecular complexity index is 1070. The summed E-state index contributed by atoms with van der Waals surface area (Å²) in [5.74, 6) is -1.34. The van der Waals surface area contributed by atoms with Gasteiger partial charge in [-0.05, 0) is 29.7 Å². The lowest BCUT2D eigenvalue weighted by Crippen LogP contribution is -2.44. The van der Waals surface area contributed by atoms with Crippen molar-refractivity contribution in [1.82, 2.24) is 5.32 Å². The molecule has 0 bridgehead atoms. The van der Waals surface area contributed by atoms with Gasteiger partial charge in [-0.3, -0.25) is 4.79 Å². The second-order valence-electron chi connectivity index (χ2n) is 6.54. The molecule has 0 unspecified atom stereocenters. The Kier molecular flexibility index (Phi) is 6.29. The Morgan fingerprint density at radius 2 is 1.90 bits per heavy atom. The third-order valence-corrected chi connectivity index (χ3v) is 4.47. The van der Waals surface area contributed by atoms with Gasteiger partial charge in [0, 0.05) is 23.9 Å². The van der Waals surface area contributed by atoms with E-state index < -0.39 is 23.5 Å². The van der Waals surface area contributed by atoms with Gasteiger partial charge in [-0.15, -0.1) is 0 Å². The van der Waals surface area contributed by atoms with Gasteiger partial charge >= 0.3 is 11.6 Å². The maximum absolute atomic E-state index is 12.2. The van der Waals surface area contributed by atoms with Crippen LogP contribution in [-0.2, 0) is 22.4 Å². The molecule has 7 nitrogen and oxygen atoms in total. The Hall–Kier alpha value is -3.61. The topological polar surface area (TPSA) is 106 Å². The molecular formula is C22H21NO6. The SMILES string of the molecule is CCc1cc(=O)oc2cc(OCC(=O)N[C@H](Cc3ccccc3)C(=O)O)ccc12. The number of hydrogen-bond donors (Lipinski definition) is 2. The summed E-state index contributed by atoms with van der Waals surface area (Å²) in [5, 5.41) is 12.6. The summed E-state index contributed by atoms with van der Waals surface area (Å²) in [6.45, 7) is 1.58. The maximum atomic E-state index is 12.2. The highest BCUT2D eigenvalue weighted by Crippen LogP contribution is 2.23. The second kappa shape index (κ2) is 9.05. The average Bonchev–Trinajstić information content (AvgIpc) is 2.71. The van der Waals surface area contributed by atoms with Crippen LogP contribution in [0.4, 0.5) is 0 Å². The van der Waals surface area contributed by atoms with Gasteiger partial charge in [0.1, 0.15) is 17.4 Å². The first-order valence-electron chi connectivity index (χ1n) is 9.22. The summed E-state index contributed by atoms with van der Waals surface area (Å²) >= 11 is 0. The monoisotopic (exact) mass is 395 g/mol. The van der Waals surface area contributed by atoms with E-state index in [-0.39, 0.29) is 13.0 Å². The molecule has 0 spiro atoms. The van der Waals surface area contributed by atoms with Crippen LogP contribution in [0.5, 0.6) is 5.75 Å². The van der Waals surface area contributed by atoms with Crippen LogP contribution in [0.3, 0.4) is 0 Å². The zero-order valence-corrected chi connectivity index (χ0v) is 15.9. The molecule has 0 radical (unpaired) electrons. The van der Waals surface area contributed by atoms with Crippen molar-refractivity contribution in [3.63, 3.8) is 0 Å². The van der Waals surface area contributed by atoms with Crippen LogP contribution < -0.4 is 15.7 Å². The molecule has 0 saturated carbocycles. The van der Waals surface area contributed by atoms with Crippen LogP contribution in [0.2, 0.25) is 0 Å². The van der Waals surface area contributed by atoms with Gasteiger partial charge in [0.2, 0.25) is 0 Å². The van der Waals surface area contributed by atoms with E-state index in [2.05, 4.69) is 5.32 Å². The molecule has 3 aromatic rings. The second-order valence-corrected chi connectivity index (χ2v) is 6.54. The highest BCUT2D eigenvalue weighted by molar-refractivity contribution is 5.85. The van der Waals surface area contributed by atoms with Crippen molar-refractivity contribution in [2.75, 3.05) is 6.61 Å². The van der Waals surface area contributed by atoms with Crippen LogP contribution in [0.25, 0.3) is 11.0 Å². The summed E-state index contributed by atoms with van der Waals surface area (Å²) in [5.41, 5.74) is 1.59. The van der Waals surface area contributed by atoms with E-state index in [1.807, 2.05) is 13.0 Å². The van der Waals surface area contributed by atoms with Gasteiger partial charge < -0.3 is 19.6 Å². The van der Waals surface area contributed by atoms with E-state index in [1.165, 1.54) is 6.07 Å². The summed E-state index contributed by atoms with van der Waals surface area (Å²) in [4.78, 5) is 35.3. The third kappa shape index (κ3) is 5.22. The fraction of sp³-hybridized carbons (Fsp3) is 0.227. The zero-order valence-electron chi connectivity index (χ0n) is 15.9. The molecule has 1 heterocycles. The summed E-state index contributed by atoms with van der Waals surface area (Å²) in [6, 6.07) is 14.4. The molecule has 1 aromatic heterocycles. The van der Waals surface area contributed by atoms with E-state index in [0.717, 1.165) is 16.5 Å². The van der Waals surface area contributed by atoms with E-state index in [4.69, 9.17) is 9.15 Å². The van der Waals surface area contributed by atoms with Crippen molar-refractivity contribution < 1.29 is 23.8 Å². The standard InChI is InChI=1S/C22H21NO6/c1-2-15-11-21(25)29-19-12-16(8-9-17(15)19)28-13-20(24)23-18(22(26)27)10-14-6-4-3-5-7-14/h3-9,11-12,18H,2,10,13H2,1H3,(H,23,24)(H,26,27)/t18-/m1/s1. The van der Waals surface area contributed by atoms with Crippen LogP contribution >= 0.6 is 0 Å². The fourth-order valence-corrected chi connectivity index (χ4v) is 3.03. The first kappa shape index (κ1) is 20.1. The average molecular weight is 395 g/mol. The highest BCUT2D eigenvalue weighted by atomic mass is 16.5. The Labute approximate surface area is 166 Å². The Morgan fingerprint density at radius 1 is 1.14 bits per heavy atom. The molecule has 0 saturated heterocycles. The quantitative estimate of drug-likeness (QED) is 0.568. The number of aryl methyl sites for hydroxylation is 1. The third-order valence-electron chi connectivity index (χ3n) is 4.47.